The Hall–Kier alpha value is -2.40. The van der Waals surface area contributed by atoms with Gasteiger partial charge in [0.15, 0.2) is 0 Å². The molecule has 0 heterocycles. The molecule has 2 aromatic carbocycles. The third-order valence-corrected chi connectivity index (χ3v) is 3.23. The summed E-state index contributed by atoms with van der Waals surface area (Å²) in [6.45, 7) is 0.364. The van der Waals surface area contributed by atoms with Gasteiger partial charge in [-0.15, -0.1) is 0 Å². The van der Waals surface area contributed by atoms with Gasteiger partial charge in [-0.05, 0) is 17.7 Å². The lowest BCUT2D eigenvalue weighted by Gasteiger charge is -2.17. The van der Waals surface area contributed by atoms with Crippen molar-refractivity contribution in [3.05, 3.63) is 74.8 Å². The maximum atomic E-state index is 12.4. The summed E-state index contributed by atoms with van der Waals surface area (Å²) in [7, 11) is 1.60. The zero-order valence-corrected chi connectivity index (χ0v) is 12.1. The predicted octanol–water partition coefficient (Wildman–Crippen LogP) is 3.52. The summed E-state index contributed by atoms with van der Waals surface area (Å²) in [5.41, 5.74) is 0.688. The second-order valence-electron chi connectivity index (χ2n) is 4.57. The molecule has 0 fully saturated rings. The molecule has 0 aromatic heterocycles. The first-order valence-corrected chi connectivity index (χ1v) is 6.60. The summed E-state index contributed by atoms with van der Waals surface area (Å²) in [6.07, 6.45) is 0. The van der Waals surface area contributed by atoms with Crippen LogP contribution < -0.4 is 0 Å². The maximum absolute atomic E-state index is 12.4. The fourth-order valence-electron chi connectivity index (χ4n) is 1.97. The average Bonchev–Trinajstić information content (AvgIpc) is 2.47. The van der Waals surface area contributed by atoms with Crippen molar-refractivity contribution in [3.8, 4) is 0 Å². The average molecular weight is 305 g/mol. The number of benzene rings is 2. The Morgan fingerprint density at radius 1 is 1.24 bits per heavy atom. The SMILES string of the molecule is CN(Cc1ccccc1)C(=O)c1cc(Cl)ccc1[N+](=O)[O-]. The van der Waals surface area contributed by atoms with E-state index in [1.807, 2.05) is 30.3 Å². The smallest absolute Gasteiger partial charge is 0.282 e. The molecule has 1 amide bonds. The number of carbonyl (C=O) groups is 1. The Labute approximate surface area is 126 Å². The Balaban J connectivity index is 2.27. The van der Waals surface area contributed by atoms with Gasteiger partial charge in [-0.25, -0.2) is 0 Å². The molecular formula is C15H13ClN2O3. The van der Waals surface area contributed by atoms with Crippen molar-refractivity contribution in [2.24, 2.45) is 0 Å². The highest BCUT2D eigenvalue weighted by molar-refractivity contribution is 6.31. The first kappa shape index (κ1) is 15.0. The quantitative estimate of drug-likeness (QED) is 0.641. The highest BCUT2D eigenvalue weighted by atomic mass is 35.5. The second kappa shape index (κ2) is 6.37. The van der Waals surface area contributed by atoms with E-state index in [1.54, 1.807) is 7.05 Å². The Morgan fingerprint density at radius 3 is 2.52 bits per heavy atom. The van der Waals surface area contributed by atoms with Gasteiger partial charge in [-0.3, -0.25) is 14.9 Å². The Kier molecular flexibility index (Phi) is 4.55. The lowest BCUT2D eigenvalue weighted by atomic mass is 10.1. The zero-order valence-electron chi connectivity index (χ0n) is 11.3. The summed E-state index contributed by atoms with van der Waals surface area (Å²) in [4.78, 5) is 24.2. The lowest BCUT2D eigenvalue weighted by molar-refractivity contribution is -0.385. The molecule has 0 bridgehead atoms. The van der Waals surface area contributed by atoms with Crippen LogP contribution in [0.3, 0.4) is 0 Å². The fraction of sp³-hybridized carbons (Fsp3) is 0.133. The number of carbonyl (C=O) groups excluding carboxylic acids is 1. The van der Waals surface area contributed by atoms with E-state index in [0.717, 1.165) is 5.56 Å². The fourth-order valence-corrected chi connectivity index (χ4v) is 2.15. The van der Waals surface area contributed by atoms with Crippen LogP contribution in [0.5, 0.6) is 0 Å². The number of nitrogens with zero attached hydrogens (tertiary/aromatic N) is 2. The number of hydrogen-bond acceptors (Lipinski definition) is 3. The van der Waals surface area contributed by atoms with Gasteiger partial charge < -0.3 is 4.90 Å². The van der Waals surface area contributed by atoms with Crippen molar-refractivity contribution in [1.82, 2.24) is 4.90 Å². The molecule has 21 heavy (non-hydrogen) atoms. The van der Waals surface area contributed by atoms with Crippen LogP contribution >= 0.6 is 11.6 Å². The summed E-state index contributed by atoms with van der Waals surface area (Å²) in [5.74, 6) is -0.437. The third-order valence-electron chi connectivity index (χ3n) is 2.99. The van der Waals surface area contributed by atoms with Crippen LogP contribution in [0.1, 0.15) is 15.9 Å². The molecule has 0 saturated heterocycles. The number of hydrogen-bond donors (Lipinski definition) is 0. The van der Waals surface area contributed by atoms with Crippen LogP contribution in [-0.2, 0) is 6.54 Å². The predicted molar refractivity (Wildman–Crippen MR) is 80.3 cm³/mol. The molecule has 5 nitrogen and oxygen atoms in total. The minimum absolute atomic E-state index is 0.00840. The number of halogens is 1. The van der Waals surface area contributed by atoms with E-state index in [-0.39, 0.29) is 16.3 Å². The van der Waals surface area contributed by atoms with E-state index in [0.29, 0.717) is 6.54 Å². The van der Waals surface area contributed by atoms with Gasteiger partial charge in [0.2, 0.25) is 0 Å². The molecule has 6 heteroatoms. The molecule has 2 rings (SSSR count). The monoisotopic (exact) mass is 304 g/mol. The van der Waals surface area contributed by atoms with E-state index in [2.05, 4.69) is 0 Å². The van der Waals surface area contributed by atoms with Gasteiger partial charge in [0.05, 0.1) is 4.92 Å². The largest absolute Gasteiger partial charge is 0.337 e. The van der Waals surface area contributed by atoms with Gasteiger partial charge in [-0.1, -0.05) is 41.9 Å². The molecule has 0 N–H and O–H groups in total. The molecule has 0 saturated carbocycles. The van der Waals surface area contributed by atoms with Crippen molar-refractivity contribution < 1.29 is 9.72 Å². The molecule has 2 aromatic rings. The summed E-state index contributed by atoms with van der Waals surface area (Å²) in [6, 6.07) is 13.4. The summed E-state index contributed by atoms with van der Waals surface area (Å²) >= 11 is 5.84. The van der Waals surface area contributed by atoms with Gasteiger partial charge in [-0.2, -0.15) is 0 Å². The van der Waals surface area contributed by atoms with Gasteiger partial charge in [0.25, 0.3) is 11.6 Å². The summed E-state index contributed by atoms with van der Waals surface area (Å²) in [5, 5.41) is 11.3. The minimum Gasteiger partial charge on any atom is -0.337 e. The second-order valence-corrected chi connectivity index (χ2v) is 5.00. The van der Waals surface area contributed by atoms with Gasteiger partial charge in [0.1, 0.15) is 5.56 Å². The molecule has 0 radical (unpaired) electrons. The Bertz CT molecular complexity index is 674. The molecule has 0 unspecified atom stereocenters. The first-order chi connectivity index (χ1) is 9.99. The highest BCUT2D eigenvalue weighted by Gasteiger charge is 2.23. The van der Waals surface area contributed by atoms with E-state index >= 15 is 0 Å². The van der Waals surface area contributed by atoms with Gasteiger partial charge >= 0.3 is 0 Å². The van der Waals surface area contributed by atoms with Gasteiger partial charge in [0, 0.05) is 24.7 Å². The number of rotatable bonds is 4. The van der Waals surface area contributed by atoms with Crippen molar-refractivity contribution in [1.29, 1.82) is 0 Å². The number of nitro benzene ring substituents is 1. The molecule has 0 aliphatic carbocycles. The van der Waals surface area contributed by atoms with Crippen molar-refractivity contribution in [2.75, 3.05) is 7.05 Å². The van der Waals surface area contributed by atoms with Crippen LogP contribution in [0.15, 0.2) is 48.5 Å². The maximum Gasteiger partial charge on any atom is 0.282 e. The number of nitro groups is 1. The molecule has 0 spiro atoms. The third kappa shape index (κ3) is 3.58. The lowest BCUT2D eigenvalue weighted by Crippen LogP contribution is -2.26. The number of amides is 1. The van der Waals surface area contributed by atoms with Crippen LogP contribution in [-0.4, -0.2) is 22.8 Å². The topological polar surface area (TPSA) is 63.5 Å². The molecule has 0 aliphatic rings. The van der Waals surface area contributed by atoms with Crippen molar-refractivity contribution in [3.63, 3.8) is 0 Å². The van der Waals surface area contributed by atoms with Crippen LogP contribution in [0, 0.1) is 10.1 Å². The molecule has 0 aliphatic heterocycles. The summed E-state index contributed by atoms with van der Waals surface area (Å²) < 4.78 is 0. The standard InChI is InChI=1S/C15H13ClN2O3/c1-17(10-11-5-3-2-4-6-11)15(19)13-9-12(16)7-8-14(13)18(20)21/h2-9H,10H2,1H3. The highest BCUT2D eigenvalue weighted by Crippen LogP contribution is 2.24. The van der Waals surface area contributed by atoms with Crippen molar-refractivity contribution >= 4 is 23.2 Å². The Morgan fingerprint density at radius 2 is 1.90 bits per heavy atom. The molecular weight excluding hydrogens is 292 g/mol. The first-order valence-electron chi connectivity index (χ1n) is 6.22. The minimum atomic E-state index is -0.583. The van der Waals surface area contributed by atoms with Crippen LogP contribution in [0.2, 0.25) is 5.02 Å². The molecule has 0 atom stereocenters. The van der Waals surface area contributed by atoms with E-state index in [1.165, 1.54) is 23.1 Å². The normalized spacial score (nSPS) is 10.2. The van der Waals surface area contributed by atoms with Crippen LogP contribution in [0.4, 0.5) is 5.69 Å². The van der Waals surface area contributed by atoms with E-state index in [9.17, 15) is 14.9 Å². The van der Waals surface area contributed by atoms with Crippen LogP contribution in [0.25, 0.3) is 0 Å². The van der Waals surface area contributed by atoms with Crippen molar-refractivity contribution in [2.45, 2.75) is 6.54 Å². The van der Waals surface area contributed by atoms with E-state index in [4.69, 9.17) is 11.6 Å². The van der Waals surface area contributed by atoms with E-state index < -0.39 is 10.8 Å². The molecule has 108 valence electrons. The zero-order chi connectivity index (χ0) is 15.4.